The fourth-order valence-corrected chi connectivity index (χ4v) is 7.16. The van der Waals surface area contributed by atoms with Crippen LogP contribution in [0.15, 0.2) is 112 Å². The maximum Gasteiger partial charge on any atom is 0.0697 e. The molecule has 0 amide bonds. The first kappa shape index (κ1) is 43.5. The van der Waals surface area contributed by atoms with Crippen molar-refractivity contribution in [3.05, 3.63) is 91.7 Å². The highest BCUT2D eigenvalue weighted by Gasteiger charge is 2.32. The van der Waals surface area contributed by atoms with E-state index in [1.165, 1.54) is 0 Å². The Morgan fingerprint density at radius 1 is 0.300 bits per heavy atom. The molecular weight excluding hydrogens is 792 g/mol. The fraction of sp³-hybridized carbons (Fsp3) is 0.300. The monoisotopic (exact) mass is 820 g/mol. The molecular formula is C40H28N4O16-8. The number of carboxylic acid groups (broad SMARTS) is 8. The standard InChI is InChI=1S/C40H36N4O16/c45-33(46)5-1-17-21(9-37(53)54)29-14-26-19(3-7-35(49)50)23(11-39(57)58)31(43-26)16-28-20(4-8-36(51)52)24(12-40(59)60)32(44-28)15-27-18(2-6-34(47)48)22(10-38(55)56)30(42-27)13-25(17)41-29/h13-16H,1-12H2,(H,45,46)(H,47,48)(H,49,50)(H,51,52)(H,53,54)(H,55,56)(H,57,58)(H,59,60)/p-8. The number of rotatable bonds is 20. The third kappa shape index (κ3) is 10.4. The van der Waals surface area contributed by atoms with Crippen LogP contribution in [-0.4, -0.2) is 70.6 Å². The van der Waals surface area contributed by atoms with Crippen LogP contribution in [0.2, 0.25) is 0 Å². The molecule has 5 aliphatic rings. The summed E-state index contributed by atoms with van der Waals surface area (Å²) >= 11 is 0. The van der Waals surface area contributed by atoms with Crippen LogP contribution in [0.3, 0.4) is 0 Å². The Bertz CT molecular complexity index is 2110. The minimum atomic E-state index is -1.66. The molecule has 0 aromatic rings. The van der Waals surface area contributed by atoms with E-state index in [0.29, 0.717) is 0 Å². The quantitative estimate of drug-likeness (QED) is 0.110. The van der Waals surface area contributed by atoms with Crippen LogP contribution < -0.4 is 40.9 Å². The van der Waals surface area contributed by atoms with E-state index in [9.17, 15) is 79.2 Å². The van der Waals surface area contributed by atoms with Gasteiger partial charge in [-0.25, -0.2) is 20.0 Å². The lowest BCUT2D eigenvalue weighted by Crippen LogP contribution is -2.25. The highest BCUT2D eigenvalue weighted by Crippen LogP contribution is 2.41. The summed E-state index contributed by atoms with van der Waals surface area (Å²) in [7, 11) is 0. The first-order valence-corrected chi connectivity index (χ1v) is 18.0. The van der Waals surface area contributed by atoms with Crippen molar-refractivity contribution < 1.29 is 79.2 Å². The number of fused-ring (bicyclic) bond motifs is 4. The zero-order valence-electron chi connectivity index (χ0n) is 31.1. The van der Waals surface area contributed by atoms with Gasteiger partial charge in [0.25, 0.3) is 0 Å². The van der Waals surface area contributed by atoms with Gasteiger partial charge < -0.3 is 79.2 Å². The van der Waals surface area contributed by atoms with E-state index in [-0.39, 0.29) is 90.2 Å². The lowest BCUT2D eigenvalue weighted by atomic mass is 9.92. The van der Waals surface area contributed by atoms with E-state index < -0.39 is 125 Å². The Morgan fingerprint density at radius 3 is 0.633 bits per heavy atom. The molecule has 0 atom stereocenters. The highest BCUT2D eigenvalue weighted by atomic mass is 16.4. The summed E-state index contributed by atoms with van der Waals surface area (Å²) in [5, 5.41) is 95.2. The topological polar surface area (TPSA) is 370 Å². The lowest BCUT2D eigenvalue weighted by Gasteiger charge is -2.13. The molecule has 5 aliphatic heterocycles. The van der Waals surface area contributed by atoms with E-state index in [4.69, 9.17) is 0 Å². The van der Waals surface area contributed by atoms with Crippen LogP contribution in [0, 0.1) is 0 Å². The van der Waals surface area contributed by atoms with Crippen LogP contribution in [0.4, 0.5) is 0 Å². The predicted octanol–water partition coefficient (Wildman–Crippen LogP) is -6.78. The number of nitrogens with zero attached hydrogens (tertiary/aromatic N) is 4. The first-order chi connectivity index (χ1) is 28.3. The van der Waals surface area contributed by atoms with Gasteiger partial charge in [-0.05, 0) is 120 Å². The maximum atomic E-state index is 12.1. The Labute approximate surface area is 338 Å². The fourth-order valence-electron chi connectivity index (χ4n) is 7.16. The number of aliphatic imine (C=N–C) groups is 4. The molecule has 5 rings (SSSR count). The Morgan fingerprint density at radius 2 is 0.483 bits per heavy atom. The van der Waals surface area contributed by atoms with Crippen molar-refractivity contribution >= 4 is 70.6 Å². The van der Waals surface area contributed by atoms with E-state index >= 15 is 0 Å². The van der Waals surface area contributed by atoms with Gasteiger partial charge >= 0.3 is 0 Å². The molecule has 60 heavy (non-hydrogen) atoms. The smallest absolute Gasteiger partial charge is 0.0697 e. The molecule has 0 fully saturated rings. The van der Waals surface area contributed by atoms with Crippen molar-refractivity contribution in [1.29, 1.82) is 0 Å². The molecule has 0 radical (unpaired) electrons. The molecule has 0 saturated heterocycles. The Kier molecular flexibility index (Phi) is 13.3. The summed E-state index contributed by atoms with van der Waals surface area (Å²) in [6, 6.07) is 0. The summed E-state index contributed by atoms with van der Waals surface area (Å²) in [6.45, 7) is 0. The largest absolute Gasteiger partial charge is 0.550 e. The van der Waals surface area contributed by atoms with Gasteiger partial charge in [-0.3, -0.25) is 0 Å². The molecule has 0 aromatic heterocycles. The van der Waals surface area contributed by atoms with E-state index in [2.05, 4.69) is 20.0 Å². The minimum Gasteiger partial charge on any atom is -0.550 e. The molecule has 0 saturated carbocycles. The van der Waals surface area contributed by atoms with E-state index in [1.54, 1.807) is 0 Å². The van der Waals surface area contributed by atoms with E-state index in [0.717, 1.165) is 24.3 Å². The maximum absolute atomic E-state index is 12.1. The van der Waals surface area contributed by atoms with Crippen LogP contribution in [0.25, 0.3) is 0 Å². The van der Waals surface area contributed by atoms with Crippen LogP contribution >= 0.6 is 0 Å². The molecule has 20 nitrogen and oxygen atoms in total. The number of hydrogen-bond donors (Lipinski definition) is 0. The van der Waals surface area contributed by atoms with Gasteiger partial charge in [-0.1, -0.05) is 0 Å². The SMILES string of the molecule is O=C([O-])CCC1=C(CC(=O)[O-])C2=NC1=CC1=NC(=CC3=NC(=CC4=NC(=C2)C(CCC(=O)[O-])=C4CC(=O)[O-])C(CCC(=O)[O-])=C3CC(=O)[O-])C(CCC(=O)[O-])=C1CC(=O)[O-]. The summed E-state index contributed by atoms with van der Waals surface area (Å²) in [4.78, 5) is 113. The van der Waals surface area contributed by atoms with Crippen molar-refractivity contribution in [3.63, 3.8) is 0 Å². The van der Waals surface area contributed by atoms with Crippen molar-refractivity contribution in [1.82, 2.24) is 0 Å². The molecule has 0 aromatic carbocycles. The second kappa shape index (κ2) is 18.3. The second-order valence-corrected chi connectivity index (χ2v) is 13.6. The third-order valence-corrected chi connectivity index (χ3v) is 9.59. The molecule has 0 unspecified atom stereocenters. The summed E-state index contributed by atoms with van der Waals surface area (Å²) in [5.74, 6) is -12.9. The molecule has 5 heterocycles. The summed E-state index contributed by atoms with van der Waals surface area (Å²) in [6.07, 6.45) is -3.36. The zero-order chi connectivity index (χ0) is 44.0. The van der Waals surface area contributed by atoms with Gasteiger partial charge in [0.05, 0.1) is 45.6 Å². The van der Waals surface area contributed by atoms with Crippen molar-refractivity contribution in [2.75, 3.05) is 0 Å². The molecule has 0 aliphatic carbocycles. The molecule has 0 N–H and O–H groups in total. The van der Waals surface area contributed by atoms with Gasteiger partial charge in [-0.15, -0.1) is 0 Å². The van der Waals surface area contributed by atoms with Crippen LogP contribution in [0.5, 0.6) is 0 Å². The number of carbonyl (C=O) groups excluding carboxylic acids is 8. The highest BCUT2D eigenvalue weighted by molar-refractivity contribution is 6.22. The van der Waals surface area contributed by atoms with Gasteiger partial charge in [0.1, 0.15) is 0 Å². The van der Waals surface area contributed by atoms with Crippen LogP contribution in [-0.2, 0) is 38.4 Å². The van der Waals surface area contributed by atoms with Crippen molar-refractivity contribution in [2.45, 2.75) is 77.0 Å². The Hall–Kier alpha value is -7.64. The molecule has 8 bridgehead atoms. The summed E-state index contributed by atoms with van der Waals surface area (Å²) in [5.41, 5.74) is -2.13. The number of carboxylic acids is 8. The van der Waals surface area contributed by atoms with Crippen LogP contribution in [0.1, 0.15) is 77.0 Å². The number of aliphatic carboxylic acids is 8. The summed E-state index contributed by atoms with van der Waals surface area (Å²) < 4.78 is 0. The predicted molar refractivity (Wildman–Crippen MR) is 186 cm³/mol. The second-order valence-electron chi connectivity index (χ2n) is 13.6. The minimum absolute atomic E-state index is 0.0245. The molecule has 312 valence electrons. The van der Waals surface area contributed by atoms with Gasteiger partial charge in [0, 0.05) is 73.4 Å². The van der Waals surface area contributed by atoms with Gasteiger partial charge in [-0.2, -0.15) is 0 Å². The molecule has 20 heteroatoms. The van der Waals surface area contributed by atoms with Crippen molar-refractivity contribution in [3.8, 4) is 0 Å². The number of hydrogen-bond acceptors (Lipinski definition) is 20. The number of allylic oxidation sites excluding steroid dienone is 8. The Balaban J connectivity index is 1.95. The van der Waals surface area contributed by atoms with Gasteiger partial charge in [0.2, 0.25) is 0 Å². The average molecular weight is 821 g/mol. The van der Waals surface area contributed by atoms with Gasteiger partial charge in [0.15, 0.2) is 0 Å². The first-order valence-electron chi connectivity index (χ1n) is 18.0. The zero-order valence-corrected chi connectivity index (χ0v) is 31.1. The lowest BCUT2D eigenvalue weighted by molar-refractivity contribution is -0.307. The van der Waals surface area contributed by atoms with E-state index in [1.807, 2.05) is 0 Å². The average Bonchev–Trinajstić information content (AvgIpc) is 3.81. The molecule has 0 spiro atoms. The number of carbonyl (C=O) groups is 8. The normalized spacial score (nSPS) is 17.1. The van der Waals surface area contributed by atoms with Crippen molar-refractivity contribution in [2.24, 2.45) is 20.0 Å². The third-order valence-electron chi connectivity index (χ3n) is 9.59.